The SMILES string of the molecule is CCCC(C)(Nc1cc(OC)ncn1)C(=O)OC. The van der Waals surface area contributed by atoms with E-state index in [1.165, 1.54) is 20.5 Å². The number of ether oxygens (including phenoxy) is 2. The van der Waals surface area contributed by atoms with Crippen LogP contribution >= 0.6 is 0 Å². The van der Waals surface area contributed by atoms with Crippen molar-refractivity contribution in [2.24, 2.45) is 0 Å². The number of nitrogens with zero attached hydrogens (tertiary/aromatic N) is 2. The minimum absolute atomic E-state index is 0.318. The van der Waals surface area contributed by atoms with Gasteiger partial charge in [-0.05, 0) is 13.3 Å². The third-order valence-corrected chi connectivity index (χ3v) is 2.64. The molecular formula is C12H19N3O3. The predicted molar refractivity (Wildman–Crippen MR) is 67.5 cm³/mol. The second-order valence-electron chi connectivity index (χ2n) is 4.14. The summed E-state index contributed by atoms with van der Waals surface area (Å²) in [7, 11) is 2.90. The van der Waals surface area contributed by atoms with Crippen LogP contribution in [0.15, 0.2) is 12.4 Å². The van der Waals surface area contributed by atoms with Crippen molar-refractivity contribution in [3.8, 4) is 5.88 Å². The number of carbonyl (C=O) groups excluding carboxylic acids is 1. The van der Waals surface area contributed by atoms with Crippen molar-refractivity contribution in [1.82, 2.24) is 9.97 Å². The first-order valence-corrected chi connectivity index (χ1v) is 5.78. The first kappa shape index (κ1) is 14.2. The molecule has 0 fully saturated rings. The van der Waals surface area contributed by atoms with Crippen molar-refractivity contribution < 1.29 is 14.3 Å². The Kier molecular flexibility index (Phi) is 4.88. The molecule has 0 bridgehead atoms. The third kappa shape index (κ3) is 3.32. The van der Waals surface area contributed by atoms with E-state index < -0.39 is 5.54 Å². The molecule has 1 unspecified atom stereocenters. The van der Waals surface area contributed by atoms with Crippen LogP contribution in [0.3, 0.4) is 0 Å². The minimum Gasteiger partial charge on any atom is -0.481 e. The van der Waals surface area contributed by atoms with Crippen LogP contribution in [0.2, 0.25) is 0 Å². The predicted octanol–water partition coefficient (Wildman–Crippen LogP) is 1.63. The third-order valence-electron chi connectivity index (χ3n) is 2.64. The Balaban J connectivity index is 2.92. The second-order valence-corrected chi connectivity index (χ2v) is 4.14. The molecule has 18 heavy (non-hydrogen) atoms. The molecule has 100 valence electrons. The molecule has 1 atom stereocenters. The number of methoxy groups -OCH3 is 2. The lowest BCUT2D eigenvalue weighted by Crippen LogP contribution is -2.44. The van der Waals surface area contributed by atoms with E-state index in [9.17, 15) is 4.79 Å². The zero-order valence-electron chi connectivity index (χ0n) is 11.2. The number of carbonyl (C=O) groups is 1. The summed E-state index contributed by atoms with van der Waals surface area (Å²) in [4.78, 5) is 19.8. The number of nitrogens with one attached hydrogen (secondary N) is 1. The maximum Gasteiger partial charge on any atom is 0.331 e. The van der Waals surface area contributed by atoms with Gasteiger partial charge in [-0.1, -0.05) is 13.3 Å². The summed E-state index contributed by atoms with van der Waals surface area (Å²) < 4.78 is 9.83. The highest BCUT2D eigenvalue weighted by Gasteiger charge is 2.33. The maximum absolute atomic E-state index is 11.8. The van der Waals surface area contributed by atoms with Gasteiger partial charge in [-0.3, -0.25) is 0 Å². The number of aromatic nitrogens is 2. The normalized spacial score (nSPS) is 13.6. The Bertz CT molecular complexity index is 411. The molecule has 0 aliphatic rings. The molecule has 0 radical (unpaired) electrons. The average Bonchev–Trinajstić information content (AvgIpc) is 2.38. The van der Waals surface area contributed by atoms with Gasteiger partial charge in [0.25, 0.3) is 0 Å². The molecule has 1 N–H and O–H groups in total. The fourth-order valence-corrected chi connectivity index (χ4v) is 1.74. The van der Waals surface area contributed by atoms with Gasteiger partial charge in [0.1, 0.15) is 17.7 Å². The molecule has 1 heterocycles. The molecular weight excluding hydrogens is 234 g/mol. The monoisotopic (exact) mass is 253 g/mol. The van der Waals surface area contributed by atoms with E-state index in [4.69, 9.17) is 9.47 Å². The number of hydrogen-bond acceptors (Lipinski definition) is 6. The Morgan fingerprint density at radius 1 is 1.44 bits per heavy atom. The zero-order chi connectivity index (χ0) is 13.6. The first-order chi connectivity index (χ1) is 8.55. The highest BCUT2D eigenvalue weighted by atomic mass is 16.5. The van der Waals surface area contributed by atoms with E-state index in [0.29, 0.717) is 18.1 Å². The topological polar surface area (TPSA) is 73.3 Å². The molecule has 6 nitrogen and oxygen atoms in total. The van der Waals surface area contributed by atoms with Crippen LogP contribution in [0, 0.1) is 0 Å². The van der Waals surface area contributed by atoms with Crippen molar-refractivity contribution >= 4 is 11.8 Å². The number of rotatable bonds is 6. The van der Waals surface area contributed by atoms with E-state index in [1.807, 2.05) is 6.92 Å². The average molecular weight is 253 g/mol. The molecule has 0 spiro atoms. The molecule has 0 aromatic carbocycles. The van der Waals surface area contributed by atoms with E-state index >= 15 is 0 Å². The fourth-order valence-electron chi connectivity index (χ4n) is 1.74. The lowest BCUT2D eigenvalue weighted by atomic mass is 9.96. The van der Waals surface area contributed by atoms with E-state index in [-0.39, 0.29) is 5.97 Å². The van der Waals surface area contributed by atoms with Crippen molar-refractivity contribution in [1.29, 1.82) is 0 Å². The van der Waals surface area contributed by atoms with E-state index in [1.54, 1.807) is 13.0 Å². The summed E-state index contributed by atoms with van der Waals surface area (Å²) in [5, 5.41) is 3.08. The Labute approximate surface area is 107 Å². The molecule has 0 aliphatic carbocycles. The van der Waals surface area contributed by atoms with Crippen molar-refractivity contribution in [3.05, 3.63) is 12.4 Å². The molecule has 1 aromatic rings. The smallest absolute Gasteiger partial charge is 0.331 e. The molecule has 1 aromatic heterocycles. The standard InChI is InChI=1S/C12H19N3O3/c1-5-6-12(2,11(16)18-4)15-9-7-10(17-3)14-8-13-9/h7-8H,5-6H2,1-4H3,(H,13,14,15). The number of hydrogen-bond donors (Lipinski definition) is 1. The Morgan fingerprint density at radius 3 is 2.72 bits per heavy atom. The summed E-state index contributed by atoms with van der Waals surface area (Å²) in [6.07, 6.45) is 2.87. The summed E-state index contributed by atoms with van der Waals surface area (Å²) in [5.41, 5.74) is -0.803. The van der Waals surface area contributed by atoms with Gasteiger partial charge >= 0.3 is 5.97 Å². The van der Waals surface area contributed by atoms with Gasteiger partial charge in [-0.15, -0.1) is 0 Å². The van der Waals surface area contributed by atoms with Crippen molar-refractivity contribution in [2.45, 2.75) is 32.2 Å². The summed E-state index contributed by atoms with van der Waals surface area (Å²) in [6, 6.07) is 1.64. The summed E-state index contributed by atoms with van der Waals surface area (Å²) in [5.74, 6) is 0.654. The van der Waals surface area contributed by atoms with Crippen LogP contribution in [0.25, 0.3) is 0 Å². The molecule has 0 amide bonds. The lowest BCUT2D eigenvalue weighted by Gasteiger charge is -2.28. The lowest BCUT2D eigenvalue weighted by molar-refractivity contribution is -0.145. The number of anilines is 1. The van der Waals surface area contributed by atoms with Gasteiger partial charge in [-0.25, -0.2) is 14.8 Å². The van der Waals surface area contributed by atoms with Gasteiger partial charge in [0.2, 0.25) is 5.88 Å². The first-order valence-electron chi connectivity index (χ1n) is 5.78. The second kappa shape index (κ2) is 6.18. The van der Waals surface area contributed by atoms with Gasteiger partial charge in [0.15, 0.2) is 0 Å². The Morgan fingerprint density at radius 2 is 2.17 bits per heavy atom. The molecule has 0 aliphatic heterocycles. The molecule has 6 heteroatoms. The fraction of sp³-hybridized carbons (Fsp3) is 0.583. The highest BCUT2D eigenvalue weighted by Crippen LogP contribution is 2.21. The van der Waals surface area contributed by atoms with E-state index in [0.717, 1.165) is 6.42 Å². The van der Waals surface area contributed by atoms with Crippen LogP contribution in [-0.4, -0.2) is 35.7 Å². The zero-order valence-corrected chi connectivity index (χ0v) is 11.2. The number of esters is 1. The molecule has 1 rings (SSSR count). The molecule has 0 saturated heterocycles. The van der Waals surface area contributed by atoms with Gasteiger partial charge in [0.05, 0.1) is 14.2 Å². The minimum atomic E-state index is -0.803. The van der Waals surface area contributed by atoms with Crippen LogP contribution < -0.4 is 10.1 Å². The highest BCUT2D eigenvalue weighted by molar-refractivity contribution is 5.83. The van der Waals surface area contributed by atoms with Crippen LogP contribution in [0.4, 0.5) is 5.82 Å². The Hall–Kier alpha value is -1.85. The van der Waals surface area contributed by atoms with E-state index in [2.05, 4.69) is 15.3 Å². The van der Waals surface area contributed by atoms with Gasteiger partial charge in [0, 0.05) is 6.07 Å². The van der Waals surface area contributed by atoms with Crippen LogP contribution in [-0.2, 0) is 9.53 Å². The van der Waals surface area contributed by atoms with Crippen LogP contribution in [0.1, 0.15) is 26.7 Å². The molecule has 0 saturated carbocycles. The quantitative estimate of drug-likeness (QED) is 0.777. The summed E-state index contributed by atoms with van der Waals surface area (Å²) >= 11 is 0. The van der Waals surface area contributed by atoms with Crippen molar-refractivity contribution in [2.75, 3.05) is 19.5 Å². The van der Waals surface area contributed by atoms with Gasteiger partial charge < -0.3 is 14.8 Å². The van der Waals surface area contributed by atoms with Crippen LogP contribution in [0.5, 0.6) is 5.88 Å². The maximum atomic E-state index is 11.8. The van der Waals surface area contributed by atoms with Gasteiger partial charge in [-0.2, -0.15) is 0 Å². The largest absolute Gasteiger partial charge is 0.481 e. The summed E-state index contributed by atoms with van der Waals surface area (Å²) in [6.45, 7) is 3.79. The van der Waals surface area contributed by atoms with Crippen molar-refractivity contribution in [3.63, 3.8) is 0 Å².